The van der Waals surface area contributed by atoms with E-state index in [1.54, 1.807) is 31.2 Å². The smallest absolute Gasteiger partial charge is 0.303 e. The van der Waals surface area contributed by atoms with Gasteiger partial charge in [0.25, 0.3) is 0 Å². The average molecular weight is 422 g/mol. The molecule has 0 atom stereocenters. The van der Waals surface area contributed by atoms with Crippen LogP contribution in [0.2, 0.25) is 10.0 Å². The largest absolute Gasteiger partial charge is 0.507 e. The van der Waals surface area contributed by atoms with E-state index >= 15 is 0 Å². The van der Waals surface area contributed by atoms with Gasteiger partial charge in [0, 0.05) is 27.7 Å². The maximum absolute atomic E-state index is 11.4. The first-order valence-corrected chi connectivity index (χ1v) is 9.98. The molecule has 0 amide bonds. The minimum atomic E-state index is -0.839. The Balaban J connectivity index is 2.60. The molecule has 0 saturated carbocycles. The van der Waals surface area contributed by atoms with E-state index in [9.17, 15) is 15.0 Å². The van der Waals surface area contributed by atoms with Crippen LogP contribution in [0.15, 0.2) is 41.4 Å². The van der Waals surface area contributed by atoms with Gasteiger partial charge in [-0.05, 0) is 55.0 Å². The molecule has 28 heavy (non-hydrogen) atoms. The maximum atomic E-state index is 11.4. The van der Waals surface area contributed by atoms with Crippen molar-refractivity contribution in [3.05, 3.63) is 63.1 Å². The number of aryl methyl sites for hydroxylation is 1. The van der Waals surface area contributed by atoms with E-state index in [2.05, 4.69) is 0 Å². The van der Waals surface area contributed by atoms with Crippen LogP contribution in [-0.2, 0) is 4.79 Å². The van der Waals surface area contributed by atoms with Crippen molar-refractivity contribution < 1.29 is 15.0 Å². The molecule has 0 aliphatic heterocycles. The highest BCUT2D eigenvalue weighted by Gasteiger charge is 2.29. The molecule has 0 aliphatic carbocycles. The number of phenols is 1. The molecule has 2 N–H and O–H groups in total. The van der Waals surface area contributed by atoms with Crippen molar-refractivity contribution in [1.82, 2.24) is 0 Å². The Kier molecular flexibility index (Phi) is 7.50. The number of hydrogen-bond acceptors (Lipinski definition) is 3. The molecule has 4 nitrogen and oxygen atoms in total. The quantitative estimate of drug-likeness (QED) is 0.503. The Morgan fingerprint density at radius 1 is 1.07 bits per heavy atom. The van der Waals surface area contributed by atoms with Crippen LogP contribution in [0.4, 0.5) is 0 Å². The van der Waals surface area contributed by atoms with Gasteiger partial charge in [-0.25, -0.2) is 0 Å². The monoisotopic (exact) mass is 421 g/mol. The van der Waals surface area contributed by atoms with Gasteiger partial charge in [-0.1, -0.05) is 49.2 Å². The summed E-state index contributed by atoms with van der Waals surface area (Å²) < 4.78 is 0. The van der Waals surface area contributed by atoms with Gasteiger partial charge < -0.3 is 10.2 Å². The lowest BCUT2D eigenvalue weighted by Crippen LogP contribution is -2.27. The number of rotatable bonds is 8. The number of benzene rings is 2. The summed E-state index contributed by atoms with van der Waals surface area (Å²) in [5, 5.41) is 21.1. The maximum Gasteiger partial charge on any atom is 0.303 e. The van der Waals surface area contributed by atoms with Gasteiger partial charge in [-0.15, -0.1) is 0 Å². The molecule has 0 unspecified atom stereocenters. The number of nitrogens with zero attached hydrogens (tertiary/aromatic N) is 1. The fourth-order valence-corrected chi connectivity index (χ4v) is 3.60. The third kappa shape index (κ3) is 5.27. The molecule has 0 radical (unpaired) electrons. The Morgan fingerprint density at radius 2 is 1.68 bits per heavy atom. The molecule has 0 fully saturated rings. The molecule has 0 bridgehead atoms. The summed E-state index contributed by atoms with van der Waals surface area (Å²) in [5.74, 6) is -0.733. The SMILES string of the molecule is CCC(CC)(CN=C(c1ccc(Cl)cc1)c1cc(Cl)cc(C)c1O)CC(=O)O. The molecule has 0 aromatic heterocycles. The number of carboxylic acids is 1. The normalized spacial score (nSPS) is 12.2. The molecule has 0 aliphatic rings. The molecule has 2 aromatic rings. The van der Waals surface area contributed by atoms with Crippen LogP contribution in [0.1, 0.15) is 49.8 Å². The molecular formula is C22H25Cl2NO3. The van der Waals surface area contributed by atoms with Gasteiger partial charge in [0.15, 0.2) is 0 Å². The fraction of sp³-hybridized carbons (Fsp3) is 0.364. The van der Waals surface area contributed by atoms with Crippen molar-refractivity contribution in [2.75, 3.05) is 6.54 Å². The van der Waals surface area contributed by atoms with Gasteiger partial charge in [0.1, 0.15) is 5.75 Å². The summed E-state index contributed by atoms with van der Waals surface area (Å²) in [7, 11) is 0. The number of halogens is 2. The van der Waals surface area contributed by atoms with E-state index in [1.165, 1.54) is 0 Å². The third-order valence-electron chi connectivity index (χ3n) is 5.24. The number of carboxylic acid groups (broad SMARTS) is 1. The van der Waals surface area contributed by atoms with E-state index in [1.807, 2.05) is 26.0 Å². The molecule has 2 rings (SSSR count). The number of hydrogen-bond donors (Lipinski definition) is 2. The first kappa shape index (κ1) is 22.3. The Bertz CT molecular complexity index is 872. The Labute approximate surface area is 175 Å². The zero-order valence-electron chi connectivity index (χ0n) is 16.3. The van der Waals surface area contributed by atoms with Gasteiger partial charge >= 0.3 is 5.97 Å². The van der Waals surface area contributed by atoms with Crippen LogP contribution in [-0.4, -0.2) is 28.4 Å². The summed E-state index contributed by atoms with van der Waals surface area (Å²) in [6, 6.07) is 10.5. The van der Waals surface area contributed by atoms with Crippen molar-refractivity contribution in [2.45, 2.75) is 40.0 Å². The zero-order chi connectivity index (χ0) is 20.9. The van der Waals surface area contributed by atoms with Gasteiger partial charge in [-0.2, -0.15) is 0 Å². The first-order valence-electron chi connectivity index (χ1n) is 9.23. The highest BCUT2D eigenvalue weighted by atomic mass is 35.5. The van der Waals surface area contributed by atoms with Crippen molar-refractivity contribution in [3.63, 3.8) is 0 Å². The van der Waals surface area contributed by atoms with Crippen molar-refractivity contribution in [1.29, 1.82) is 0 Å². The van der Waals surface area contributed by atoms with Gasteiger partial charge in [0.05, 0.1) is 12.1 Å². The summed E-state index contributed by atoms with van der Waals surface area (Å²) in [6.07, 6.45) is 1.42. The molecule has 0 heterocycles. The standard InChI is InChI=1S/C22H25Cl2NO3/c1-4-22(5-2,12-19(26)27)13-25-20(15-6-8-16(23)9-7-15)18-11-17(24)10-14(3)21(18)28/h6-11,28H,4-5,12-13H2,1-3H3,(H,26,27). The van der Waals surface area contributed by atoms with Crippen molar-refractivity contribution in [2.24, 2.45) is 10.4 Å². The second-order valence-corrected chi connectivity index (χ2v) is 7.94. The van der Waals surface area contributed by atoms with E-state index in [0.29, 0.717) is 46.3 Å². The predicted molar refractivity (Wildman–Crippen MR) is 115 cm³/mol. The number of aliphatic imine (C=N–C) groups is 1. The number of aromatic hydroxyl groups is 1. The zero-order valence-corrected chi connectivity index (χ0v) is 17.8. The number of phenolic OH excluding ortho intramolecular Hbond substituents is 1. The van der Waals surface area contributed by atoms with E-state index in [0.717, 1.165) is 5.56 Å². The van der Waals surface area contributed by atoms with Crippen molar-refractivity contribution in [3.8, 4) is 5.75 Å². The van der Waals surface area contributed by atoms with Gasteiger partial charge in [0.2, 0.25) is 0 Å². The summed E-state index contributed by atoms with van der Waals surface area (Å²) in [5.41, 5.74) is 2.05. The number of carbonyl (C=O) groups is 1. The Morgan fingerprint density at radius 3 is 2.21 bits per heavy atom. The van der Waals surface area contributed by atoms with Gasteiger partial charge in [-0.3, -0.25) is 9.79 Å². The second kappa shape index (κ2) is 9.44. The van der Waals surface area contributed by atoms with E-state index in [-0.39, 0.29) is 12.2 Å². The van der Waals surface area contributed by atoms with Crippen LogP contribution in [0.5, 0.6) is 5.75 Å². The molecule has 6 heteroatoms. The lowest BCUT2D eigenvalue weighted by Gasteiger charge is -2.28. The third-order valence-corrected chi connectivity index (χ3v) is 5.71. The highest BCUT2D eigenvalue weighted by molar-refractivity contribution is 6.32. The minimum Gasteiger partial charge on any atom is -0.507 e. The Hall–Kier alpha value is -2.04. The molecular weight excluding hydrogens is 397 g/mol. The summed E-state index contributed by atoms with van der Waals surface area (Å²) >= 11 is 12.2. The van der Waals surface area contributed by atoms with Crippen LogP contribution in [0.3, 0.4) is 0 Å². The van der Waals surface area contributed by atoms with Crippen LogP contribution >= 0.6 is 23.2 Å². The molecule has 150 valence electrons. The second-order valence-electron chi connectivity index (χ2n) is 7.07. The minimum absolute atomic E-state index is 0.0396. The number of aliphatic carboxylic acids is 1. The molecule has 0 spiro atoms. The first-order chi connectivity index (χ1) is 13.2. The van der Waals surface area contributed by atoms with E-state index in [4.69, 9.17) is 28.2 Å². The predicted octanol–water partition coefficient (Wildman–Crippen LogP) is 6.13. The average Bonchev–Trinajstić information content (AvgIpc) is 2.65. The lowest BCUT2D eigenvalue weighted by molar-refractivity contribution is -0.139. The lowest BCUT2D eigenvalue weighted by atomic mass is 9.79. The molecule has 2 aromatic carbocycles. The fourth-order valence-electron chi connectivity index (χ4n) is 3.20. The summed E-state index contributed by atoms with van der Waals surface area (Å²) in [6.45, 7) is 6.06. The highest BCUT2D eigenvalue weighted by Crippen LogP contribution is 2.33. The topological polar surface area (TPSA) is 69.9 Å². The van der Waals surface area contributed by atoms with E-state index < -0.39 is 11.4 Å². The molecule has 0 saturated heterocycles. The van der Waals surface area contributed by atoms with Crippen LogP contribution in [0, 0.1) is 12.3 Å². The van der Waals surface area contributed by atoms with Crippen molar-refractivity contribution >= 4 is 34.9 Å². The van der Waals surface area contributed by atoms with Crippen LogP contribution < -0.4 is 0 Å². The summed E-state index contributed by atoms with van der Waals surface area (Å²) in [4.78, 5) is 16.2. The van der Waals surface area contributed by atoms with Crippen LogP contribution in [0.25, 0.3) is 0 Å².